The minimum Gasteiger partial charge on any atom is -0.493 e. The summed E-state index contributed by atoms with van der Waals surface area (Å²) in [5.74, 6) is -1.89. The molecule has 3 heterocycles. The van der Waals surface area contributed by atoms with Crippen LogP contribution in [0, 0.1) is 0 Å². The zero-order valence-corrected chi connectivity index (χ0v) is 32.4. The van der Waals surface area contributed by atoms with Crippen LogP contribution in [-0.2, 0) is 9.47 Å². The Morgan fingerprint density at radius 3 is 1.22 bits per heavy atom. The normalized spacial score (nSPS) is 10.7. The molecule has 3 aromatic rings. The van der Waals surface area contributed by atoms with E-state index in [9.17, 15) is 19.2 Å². The molecule has 0 radical (unpaired) electrons. The van der Waals surface area contributed by atoms with Crippen LogP contribution in [0.2, 0.25) is 0 Å². The number of carbonyl (C=O) groups excluding carboxylic acids is 4. The number of unbranched alkanes of at least 4 members (excludes halogenated alkanes) is 14. The first-order chi connectivity index (χ1) is 26.3. The number of nitrogens with zero attached hydrogens (tertiary/aromatic N) is 3. The lowest BCUT2D eigenvalue weighted by Crippen LogP contribution is -2.19. The summed E-state index contributed by atoms with van der Waals surface area (Å²) in [4.78, 5) is 64.0. The first-order valence-electron chi connectivity index (χ1n) is 19.3. The van der Waals surface area contributed by atoms with Crippen LogP contribution in [0.1, 0.15) is 159 Å². The standard InChI is InChI=1S/C41H57N5O8/c1-5-7-9-11-13-15-17-19-24-53-30-26-32(42-34(28-30)40(49)51-3)38(47)45-36-22-21-23-37(44-36)46-39(48)33-27-31(29-35(43-33)41(50)52-4)54-25-20-18-16-14-12-10-8-6-2/h21-23,26-29H,5-20,24-25H2,1-4H3,(H2,44,45,46,47,48). The van der Waals surface area contributed by atoms with Gasteiger partial charge in [0.1, 0.15) is 34.5 Å². The van der Waals surface area contributed by atoms with Crippen molar-refractivity contribution < 1.29 is 38.1 Å². The van der Waals surface area contributed by atoms with Crippen LogP contribution in [0.3, 0.4) is 0 Å². The molecular formula is C41H57N5O8. The molecule has 0 spiro atoms. The predicted octanol–water partition coefficient (Wildman–Crippen LogP) is 8.99. The monoisotopic (exact) mass is 747 g/mol. The van der Waals surface area contributed by atoms with Gasteiger partial charge in [-0.25, -0.2) is 24.5 Å². The SMILES string of the molecule is CCCCCCCCCCOc1cc(C(=O)Nc2cccc(NC(=O)c3cc(OCCCCCCCCCC)cc(C(=O)OC)n3)n2)nc(C(=O)OC)c1. The fraction of sp³-hybridized carbons (Fsp3) is 0.537. The van der Waals surface area contributed by atoms with Crippen LogP contribution < -0.4 is 20.1 Å². The van der Waals surface area contributed by atoms with E-state index in [1.165, 1.54) is 115 Å². The Balaban J connectivity index is 1.62. The molecule has 3 rings (SSSR count). The van der Waals surface area contributed by atoms with E-state index in [0.29, 0.717) is 24.7 Å². The molecule has 0 bridgehead atoms. The largest absolute Gasteiger partial charge is 0.493 e. The van der Waals surface area contributed by atoms with Crippen LogP contribution in [0.15, 0.2) is 42.5 Å². The number of rotatable bonds is 26. The van der Waals surface area contributed by atoms with Gasteiger partial charge in [-0.1, -0.05) is 110 Å². The van der Waals surface area contributed by atoms with Crippen molar-refractivity contribution in [2.45, 2.75) is 117 Å². The fourth-order valence-corrected chi connectivity index (χ4v) is 5.62. The molecule has 0 saturated carbocycles. The summed E-state index contributed by atoms with van der Waals surface area (Å²) in [7, 11) is 2.46. The van der Waals surface area contributed by atoms with Gasteiger partial charge in [0, 0.05) is 24.3 Å². The summed E-state index contributed by atoms with van der Waals surface area (Å²) < 4.78 is 21.4. The van der Waals surface area contributed by atoms with Gasteiger partial charge in [0.25, 0.3) is 11.8 Å². The first-order valence-corrected chi connectivity index (χ1v) is 19.3. The maximum absolute atomic E-state index is 13.3. The summed E-state index contributed by atoms with van der Waals surface area (Å²) in [5.41, 5.74) is -0.312. The number of esters is 2. The van der Waals surface area contributed by atoms with E-state index in [-0.39, 0.29) is 34.4 Å². The van der Waals surface area contributed by atoms with Crippen molar-refractivity contribution in [2.24, 2.45) is 0 Å². The fourth-order valence-electron chi connectivity index (χ4n) is 5.62. The van der Waals surface area contributed by atoms with E-state index in [2.05, 4.69) is 39.4 Å². The van der Waals surface area contributed by atoms with E-state index >= 15 is 0 Å². The summed E-state index contributed by atoms with van der Waals surface area (Å²) >= 11 is 0. The number of amides is 2. The highest BCUT2D eigenvalue weighted by atomic mass is 16.5. The highest BCUT2D eigenvalue weighted by molar-refractivity contribution is 6.05. The second kappa shape index (κ2) is 25.0. The molecule has 2 amide bonds. The van der Waals surface area contributed by atoms with Gasteiger partial charge in [-0.3, -0.25) is 9.59 Å². The van der Waals surface area contributed by atoms with Crippen LogP contribution >= 0.6 is 0 Å². The molecule has 0 saturated heterocycles. The minimum atomic E-state index is -0.712. The van der Waals surface area contributed by atoms with E-state index in [4.69, 9.17) is 18.9 Å². The first kappa shape index (κ1) is 43.3. The molecule has 54 heavy (non-hydrogen) atoms. The maximum atomic E-state index is 13.3. The summed E-state index contributed by atoms with van der Waals surface area (Å²) in [5, 5.41) is 5.30. The number of aromatic nitrogens is 3. The van der Waals surface area contributed by atoms with Gasteiger partial charge >= 0.3 is 11.9 Å². The number of anilines is 2. The van der Waals surface area contributed by atoms with Crippen molar-refractivity contribution in [1.29, 1.82) is 0 Å². The Labute approximate surface area is 319 Å². The second-order valence-corrected chi connectivity index (χ2v) is 13.1. The number of carbonyl (C=O) groups is 4. The van der Waals surface area contributed by atoms with Gasteiger partial charge in [-0.05, 0) is 25.0 Å². The number of ether oxygens (including phenoxy) is 4. The molecule has 13 heteroatoms. The van der Waals surface area contributed by atoms with E-state index < -0.39 is 23.8 Å². The van der Waals surface area contributed by atoms with E-state index in [0.717, 1.165) is 38.5 Å². The van der Waals surface area contributed by atoms with Crippen molar-refractivity contribution in [3.63, 3.8) is 0 Å². The quantitative estimate of drug-likeness (QED) is 0.0594. The molecule has 0 atom stereocenters. The highest BCUT2D eigenvalue weighted by Crippen LogP contribution is 2.20. The lowest BCUT2D eigenvalue weighted by atomic mass is 10.1. The van der Waals surface area contributed by atoms with Crippen molar-refractivity contribution in [1.82, 2.24) is 15.0 Å². The van der Waals surface area contributed by atoms with E-state index in [1.807, 2.05) is 0 Å². The Hall–Kier alpha value is -5.07. The Morgan fingerprint density at radius 1 is 0.500 bits per heavy atom. The summed E-state index contributed by atoms with van der Waals surface area (Å²) in [6.45, 7) is 5.25. The van der Waals surface area contributed by atoms with Crippen molar-refractivity contribution in [3.05, 3.63) is 65.2 Å². The third-order valence-corrected chi connectivity index (χ3v) is 8.62. The summed E-state index contributed by atoms with van der Waals surface area (Å²) in [6, 6.07) is 10.4. The third-order valence-electron chi connectivity index (χ3n) is 8.62. The lowest BCUT2D eigenvalue weighted by Gasteiger charge is -2.12. The second-order valence-electron chi connectivity index (χ2n) is 13.1. The molecule has 0 aliphatic heterocycles. The average molecular weight is 748 g/mol. The zero-order chi connectivity index (χ0) is 39.0. The highest BCUT2D eigenvalue weighted by Gasteiger charge is 2.19. The zero-order valence-electron chi connectivity index (χ0n) is 32.4. The molecule has 0 aromatic carbocycles. The number of methoxy groups -OCH3 is 2. The van der Waals surface area contributed by atoms with Crippen LogP contribution in [0.25, 0.3) is 0 Å². The van der Waals surface area contributed by atoms with Gasteiger partial charge in [0.15, 0.2) is 11.4 Å². The molecule has 2 N–H and O–H groups in total. The minimum absolute atomic E-state index is 0.0760. The Morgan fingerprint density at radius 2 is 0.852 bits per heavy atom. The Kier molecular flexibility index (Phi) is 20.1. The molecule has 0 unspecified atom stereocenters. The van der Waals surface area contributed by atoms with Crippen molar-refractivity contribution in [3.8, 4) is 11.5 Å². The van der Waals surface area contributed by atoms with Crippen LogP contribution in [0.5, 0.6) is 11.5 Å². The van der Waals surface area contributed by atoms with Gasteiger partial charge in [0.05, 0.1) is 27.4 Å². The molecule has 3 aromatic heterocycles. The molecule has 0 aliphatic carbocycles. The number of nitrogens with one attached hydrogen (secondary N) is 2. The predicted molar refractivity (Wildman–Crippen MR) is 208 cm³/mol. The molecule has 294 valence electrons. The third kappa shape index (κ3) is 15.9. The van der Waals surface area contributed by atoms with Crippen LogP contribution in [0.4, 0.5) is 11.6 Å². The van der Waals surface area contributed by atoms with Gasteiger partial charge in [-0.15, -0.1) is 0 Å². The van der Waals surface area contributed by atoms with Crippen LogP contribution in [-0.4, -0.2) is 66.1 Å². The van der Waals surface area contributed by atoms with E-state index in [1.54, 1.807) is 6.07 Å². The average Bonchev–Trinajstić information content (AvgIpc) is 3.18. The summed E-state index contributed by atoms with van der Waals surface area (Å²) in [6.07, 6.45) is 18.3. The van der Waals surface area contributed by atoms with Gasteiger partial charge in [0.2, 0.25) is 0 Å². The molecule has 13 nitrogen and oxygen atoms in total. The Bertz CT molecular complexity index is 1520. The van der Waals surface area contributed by atoms with Crippen molar-refractivity contribution in [2.75, 3.05) is 38.1 Å². The topological polar surface area (TPSA) is 168 Å². The molecule has 0 aliphatic rings. The van der Waals surface area contributed by atoms with Crippen molar-refractivity contribution >= 4 is 35.4 Å². The number of hydrogen-bond acceptors (Lipinski definition) is 11. The lowest BCUT2D eigenvalue weighted by molar-refractivity contribution is 0.0584. The molecule has 0 fully saturated rings. The number of pyridine rings is 3. The number of hydrogen-bond donors (Lipinski definition) is 2. The van der Waals surface area contributed by atoms with Gasteiger partial charge in [-0.2, -0.15) is 0 Å². The molecular weight excluding hydrogens is 690 g/mol. The van der Waals surface area contributed by atoms with Gasteiger partial charge < -0.3 is 29.6 Å². The smallest absolute Gasteiger partial charge is 0.356 e. The maximum Gasteiger partial charge on any atom is 0.356 e.